The molecule has 4 N–H and O–H groups in total. The molecule has 7 heteroatoms. The molecule has 0 atom stereocenters. The molecule has 0 heterocycles. The van der Waals surface area contributed by atoms with Gasteiger partial charge in [0.2, 0.25) is 15.9 Å². The Balaban J connectivity index is 1.76. The number of aryl methyl sites for hydroxylation is 1. The van der Waals surface area contributed by atoms with Crippen LogP contribution in [0.5, 0.6) is 0 Å². The summed E-state index contributed by atoms with van der Waals surface area (Å²) in [5, 5.41) is 2.79. The molecule has 0 aromatic heterocycles. The van der Waals surface area contributed by atoms with E-state index >= 15 is 0 Å². The van der Waals surface area contributed by atoms with Crippen molar-refractivity contribution in [2.45, 2.75) is 43.5 Å². The zero-order chi connectivity index (χ0) is 16.9. The number of sulfonamides is 1. The van der Waals surface area contributed by atoms with Gasteiger partial charge in [0.25, 0.3) is 0 Å². The number of amides is 1. The van der Waals surface area contributed by atoms with E-state index in [1.54, 1.807) is 12.1 Å². The van der Waals surface area contributed by atoms with Crippen LogP contribution in [0.25, 0.3) is 0 Å². The molecule has 1 aliphatic carbocycles. The quantitative estimate of drug-likeness (QED) is 0.717. The number of carbonyl (C=O) groups excluding carboxylic acids is 1. The molecular weight excluding hydrogens is 314 g/mol. The van der Waals surface area contributed by atoms with Crippen molar-refractivity contribution in [3.63, 3.8) is 0 Å². The maximum Gasteiger partial charge on any atom is 0.241 e. The van der Waals surface area contributed by atoms with Gasteiger partial charge in [0.1, 0.15) is 0 Å². The minimum Gasteiger partial charge on any atom is -0.355 e. The Morgan fingerprint density at radius 3 is 2.39 bits per heavy atom. The lowest BCUT2D eigenvalue weighted by Gasteiger charge is -2.26. The molecule has 0 bridgehead atoms. The number of hydrogen-bond acceptors (Lipinski definition) is 4. The predicted molar refractivity (Wildman–Crippen MR) is 89.3 cm³/mol. The summed E-state index contributed by atoms with van der Waals surface area (Å²) in [7, 11) is -3.65. The van der Waals surface area contributed by atoms with Crippen LogP contribution in [0.15, 0.2) is 29.2 Å². The highest BCUT2D eigenvalue weighted by Crippen LogP contribution is 2.22. The first kappa shape index (κ1) is 17.9. The van der Waals surface area contributed by atoms with Crippen LogP contribution in [0, 0.1) is 12.8 Å². The lowest BCUT2D eigenvalue weighted by atomic mass is 9.86. The van der Waals surface area contributed by atoms with Gasteiger partial charge < -0.3 is 11.1 Å². The van der Waals surface area contributed by atoms with Crippen molar-refractivity contribution in [1.29, 1.82) is 0 Å². The smallest absolute Gasteiger partial charge is 0.241 e. The lowest BCUT2D eigenvalue weighted by molar-refractivity contribution is -0.120. The van der Waals surface area contributed by atoms with Gasteiger partial charge in [-0.1, -0.05) is 17.7 Å². The van der Waals surface area contributed by atoms with Gasteiger partial charge in [-0.3, -0.25) is 4.79 Å². The molecule has 0 spiro atoms. The van der Waals surface area contributed by atoms with Crippen molar-refractivity contribution in [3.05, 3.63) is 29.8 Å². The van der Waals surface area contributed by atoms with Crippen molar-refractivity contribution >= 4 is 15.9 Å². The predicted octanol–water partition coefficient (Wildman–Crippen LogP) is 0.907. The van der Waals surface area contributed by atoms with Gasteiger partial charge in [-0.15, -0.1) is 0 Å². The molecule has 23 heavy (non-hydrogen) atoms. The van der Waals surface area contributed by atoms with E-state index in [-0.39, 0.29) is 23.4 Å². The third-order valence-corrected chi connectivity index (χ3v) is 5.65. The molecule has 0 radical (unpaired) electrons. The second kappa shape index (κ2) is 7.90. The van der Waals surface area contributed by atoms with Crippen molar-refractivity contribution in [2.24, 2.45) is 11.7 Å². The molecule has 1 saturated carbocycles. The fraction of sp³-hybridized carbons (Fsp3) is 0.562. The maximum absolute atomic E-state index is 12.1. The molecule has 1 aromatic rings. The number of rotatable bonds is 6. The molecule has 1 fully saturated rings. The molecular formula is C16H25N3O3S. The number of nitrogens with two attached hydrogens (primary N) is 1. The molecule has 1 aromatic carbocycles. The van der Waals surface area contributed by atoms with E-state index < -0.39 is 10.0 Å². The lowest BCUT2D eigenvalue weighted by Crippen LogP contribution is -2.40. The molecule has 6 nitrogen and oxygen atoms in total. The van der Waals surface area contributed by atoms with Gasteiger partial charge in [-0.05, 0) is 50.7 Å². The maximum atomic E-state index is 12.1. The normalized spacial score (nSPS) is 21.8. The van der Waals surface area contributed by atoms with E-state index in [9.17, 15) is 13.2 Å². The van der Waals surface area contributed by atoms with Crippen LogP contribution >= 0.6 is 0 Å². The van der Waals surface area contributed by atoms with Crippen LogP contribution < -0.4 is 15.8 Å². The summed E-state index contributed by atoms with van der Waals surface area (Å²) < 4.78 is 26.5. The highest BCUT2D eigenvalue weighted by Gasteiger charge is 2.19. The Bertz CT molecular complexity index is 620. The highest BCUT2D eigenvalue weighted by molar-refractivity contribution is 7.89. The Hall–Kier alpha value is -1.44. The van der Waals surface area contributed by atoms with E-state index in [0.29, 0.717) is 12.5 Å². The Kier molecular flexibility index (Phi) is 6.15. The second-order valence-corrected chi connectivity index (χ2v) is 7.99. The molecule has 1 amide bonds. The summed E-state index contributed by atoms with van der Waals surface area (Å²) in [6, 6.07) is 6.79. The average Bonchev–Trinajstić information content (AvgIpc) is 2.53. The van der Waals surface area contributed by atoms with Gasteiger partial charge >= 0.3 is 0 Å². The summed E-state index contributed by atoms with van der Waals surface area (Å²) in [6.07, 6.45) is 3.99. The van der Waals surface area contributed by atoms with Crippen LogP contribution in [0.1, 0.15) is 31.2 Å². The first-order valence-corrected chi connectivity index (χ1v) is 9.44. The van der Waals surface area contributed by atoms with E-state index in [0.717, 1.165) is 31.2 Å². The molecule has 0 aliphatic heterocycles. The third kappa shape index (κ3) is 5.60. The molecule has 0 unspecified atom stereocenters. The number of nitrogens with one attached hydrogen (secondary N) is 2. The Labute approximate surface area is 137 Å². The first-order valence-electron chi connectivity index (χ1n) is 7.95. The number of hydrogen-bond donors (Lipinski definition) is 3. The minimum absolute atomic E-state index is 0.164. The fourth-order valence-electron chi connectivity index (χ4n) is 2.67. The van der Waals surface area contributed by atoms with Crippen LogP contribution in [-0.2, 0) is 14.8 Å². The van der Waals surface area contributed by atoms with E-state index in [1.165, 1.54) is 12.1 Å². The summed E-state index contributed by atoms with van der Waals surface area (Å²) in [4.78, 5) is 12.0. The van der Waals surface area contributed by atoms with Gasteiger partial charge in [-0.2, -0.15) is 0 Å². The highest BCUT2D eigenvalue weighted by atomic mass is 32.2. The van der Waals surface area contributed by atoms with Gasteiger partial charge in [0.05, 0.1) is 11.4 Å². The summed E-state index contributed by atoms with van der Waals surface area (Å²) in [5.74, 6) is 0.128. The molecule has 2 rings (SSSR count). The van der Waals surface area contributed by atoms with E-state index in [4.69, 9.17) is 5.73 Å². The van der Waals surface area contributed by atoms with Crippen molar-refractivity contribution in [2.75, 3.05) is 13.1 Å². The van der Waals surface area contributed by atoms with Crippen molar-refractivity contribution < 1.29 is 13.2 Å². The van der Waals surface area contributed by atoms with E-state index in [2.05, 4.69) is 10.0 Å². The van der Waals surface area contributed by atoms with Crippen molar-refractivity contribution in [3.8, 4) is 0 Å². The number of benzene rings is 1. The van der Waals surface area contributed by atoms with Crippen molar-refractivity contribution in [1.82, 2.24) is 10.0 Å². The Morgan fingerprint density at radius 2 is 1.78 bits per heavy atom. The molecule has 128 valence electrons. The fourth-order valence-corrected chi connectivity index (χ4v) is 3.66. The van der Waals surface area contributed by atoms with Gasteiger partial charge in [0, 0.05) is 12.6 Å². The molecule has 0 saturated heterocycles. The SMILES string of the molecule is Cc1ccc(S(=O)(=O)NCC(=O)NC[C@H]2CC[C@H](N)CC2)cc1. The first-order chi connectivity index (χ1) is 10.9. The zero-order valence-corrected chi connectivity index (χ0v) is 14.2. The summed E-state index contributed by atoms with van der Waals surface area (Å²) >= 11 is 0. The summed E-state index contributed by atoms with van der Waals surface area (Å²) in [5.41, 5.74) is 6.83. The van der Waals surface area contributed by atoms with Crippen LogP contribution in [0.4, 0.5) is 0 Å². The monoisotopic (exact) mass is 339 g/mol. The standard InChI is InChI=1S/C16H25N3O3S/c1-12-2-8-15(9-3-12)23(21,22)19-11-16(20)18-10-13-4-6-14(17)7-5-13/h2-3,8-9,13-14,19H,4-7,10-11,17H2,1H3,(H,18,20)/t13-,14-. The van der Waals surface area contributed by atoms with Gasteiger partial charge in [0.15, 0.2) is 0 Å². The number of carbonyl (C=O) groups is 1. The second-order valence-electron chi connectivity index (χ2n) is 6.22. The summed E-state index contributed by atoms with van der Waals surface area (Å²) in [6.45, 7) is 2.22. The average molecular weight is 339 g/mol. The topological polar surface area (TPSA) is 101 Å². The minimum atomic E-state index is -3.65. The van der Waals surface area contributed by atoms with Crippen LogP contribution in [0.3, 0.4) is 0 Å². The Morgan fingerprint density at radius 1 is 1.17 bits per heavy atom. The van der Waals surface area contributed by atoms with E-state index in [1.807, 2.05) is 6.92 Å². The molecule has 1 aliphatic rings. The zero-order valence-electron chi connectivity index (χ0n) is 13.4. The largest absolute Gasteiger partial charge is 0.355 e. The van der Waals surface area contributed by atoms with Crippen LogP contribution in [0.2, 0.25) is 0 Å². The van der Waals surface area contributed by atoms with Crippen LogP contribution in [-0.4, -0.2) is 33.5 Å². The van der Waals surface area contributed by atoms with Gasteiger partial charge in [-0.25, -0.2) is 13.1 Å². The third-order valence-electron chi connectivity index (χ3n) is 4.23.